The van der Waals surface area contributed by atoms with Gasteiger partial charge in [-0.15, -0.1) is 0 Å². The number of anilines is 1. The monoisotopic (exact) mass is 161 g/mol. The fourth-order valence-corrected chi connectivity index (χ4v) is 0.519. The summed E-state index contributed by atoms with van der Waals surface area (Å²) < 4.78 is 2.73. The van der Waals surface area contributed by atoms with E-state index < -0.39 is 0 Å². The van der Waals surface area contributed by atoms with Gasteiger partial charge in [0.2, 0.25) is 0 Å². The van der Waals surface area contributed by atoms with Gasteiger partial charge in [0.15, 0.2) is 0 Å². The van der Waals surface area contributed by atoms with E-state index in [9.17, 15) is 0 Å². The van der Waals surface area contributed by atoms with Crippen LogP contribution in [0, 0.1) is 0 Å². The van der Waals surface area contributed by atoms with Gasteiger partial charge in [-0.2, -0.15) is 5.10 Å². The highest BCUT2D eigenvalue weighted by atomic mass is 79.9. The molecule has 0 amide bonds. The normalized spacial score (nSPS) is 8.71. The molecular formula is C3H4BrN3. The van der Waals surface area contributed by atoms with Gasteiger partial charge in [0.1, 0.15) is 0 Å². The van der Waals surface area contributed by atoms with Crippen LogP contribution in [0.4, 0.5) is 5.69 Å². The molecule has 7 heavy (non-hydrogen) atoms. The molecular weight excluding hydrogens is 158 g/mol. The third kappa shape index (κ3) is 0.928. The molecule has 0 aliphatic carbocycles. The van der Waals surface area contributed by atoms with Crippen molar-refractivity contribution in [2.75, 3.05) is 4.34 Å². The van der Waals surface area contributed by atoms with Crippen LogP contribution in [0.5, 0.6) is 0 Å². The molecule has 4 heteroatoms. The van der Waals surface area contributed by atoms with Gasteiger partial charge in [-0.05, 0) is 0 Å². The van der Waals surface area contributed by atoms with E-state index in [2.05, 4.69) is 30.7 Å². The predicted molar refractivity (Wildman–Crippen MR) is 31.1 cm³/mol. The van der Waals surface area contributed by atoms with Crippen molar-refractivity contribution in [3.8, 4) is 0 Å². The Hall–Kier alpha value is -0.510. The quantitative estimate of drug-likeness (QED) is 0.607. The molecule has 0 saturated carbocycles. The molecule has 0 fully saturated rings. The van der Waals surface area contributed by atoms with Crippen molar-refractivity contribution in [2.24, 2.45) is 0 Å². The molecule has 0 saturated heterocycles. The zero-order chi connectivity index (χ0) is 5.11. The Kier molecular flexibility index (Phi) is 1.31. The second-order valence-electron chi connectivity index (χ2n) is 1.08. The second kappa shape index (κ2) is 1.97. The first-order chi connectivity index (χ1) is 3.43. The van der Waals surface area contributed by atoms with E-state index in [1.165, 1.54) is 0 Å². The van der Waals surface area contributed by atoms with Crippen molar-refractivity contribution in [3.05, 3.63) is 12.4 Å². The van der Waals surface area contributed by atoms with Gasteiger partial charge in [-0.3, -0.25) is 5.10 Å². The molecule has 0 bridgehead atoms. The summed E-state index contributed by atoms with van der Waals surface area (Å²) >= 11 is 3.03. The van der Waals surface area contributed by atoms with E-state index in [1.54, 1.807) is 12.4 Å². The average Bonchev–Trinajstić information content (AvgIpc) is 2.14. The number of halogens is 1. The van der Waals surface area contributed by atoms with Crippen LogP contribution in [0.3, 0.4) is 0 Å². The number of aromatic nitrogens is 2. The van der Waals surface area contributed by atoms with Crippen LogP contribution in [-0.4, -0.2) is 10.2 Å². The first kappa shape index (κ1) is 4.64. The largest absolute Gasteiger partial charge is 0.320 e. The summed E-state index contributed by atoms with van der Waals surface area (Å²) in [5.74, 6) is 0. The summed E-state index contributed by atoms with van der Waals surface area (Å²) in [5, 5.41) is 6.31. The Morgan fingerprint density at radius 1 is 1.86 bits per heavy atom. The molecule has 0 atom stereocenters. The molecule has 0 spiro atoms. The highest BCUT2D eigenvalue weighted by Crippen LogP contribution is 2.01. The fourth-order valence-electron chi connectivity index (χ4n) is 0.303. The van der Waals surface area contributed by atoms with Crippen molar-refractivity contribution in [3.63, 3.8) is 0 Å². The molecule has 3 nitrogen and oxygen atoms in total. The van der Waals surface area contributed by atoms with Gasteiger partial charge in [0, 0.05) is 22.3 Å². The third-order valence-electron chi connectivity index (χ3n) is 0.607. The highest BCUT2D eigenvalue weighted by molar-refractivity contribution is 9.10. The van der Waals surface area contributed by atoms with Crippen LogP contribution in [0.15, 0.2) is 12.4 Å². The van der Waals surface area contributed by atoms with Crippen LogP contribution < -0.4 is 4.34 Å². The summed E-state index contributed by atoms with van der Waals surface area (Å²) in [6.45, 7) is 0. The maximum atomic E-state index is 3.68. The average molecular weight is 162 g/mol. The SMILES string of the molecule is BrNc1cn[nH]c1. The van der Waals surface area contributed by atoms with E-state index in [0.717, 1.165) is 5.69 Å². The summed E-state index contributed by atoms with van der Waals surface area (Å²) in [6, 6.07) is 0. The predicted octanol–water partition coefficient (Wildman–Crippen LogP) is 1.13. The number of nitrogens with one attached hydrogen (secondary N) is 2. The van der Waals surface area contributed by atoms with Gasteiger partial charge in [-0.1, -0.05) is 0 Å². The lowest BCUT2D eigenvalue weighted by atomic mass is 10.6. The fraction of sp³-hybridized carbons (Fsp3) is 0. The minimum Gasteiger partial charge on any atom is -0.320 e. The van der Waals surface area contributed by atoms with E-state index in [-0.39, 0.29) is 0 Å². The maximum absolute atomic E-state index is 3.68. The molecule has 2 N–H and O–H groups in total. The number of hydrogen-bond acceptors (Lipinski definition) is 2. The zero-order valence-corrected chi connectivity index (χ0v) is 5.07. The van der Waals surface area contributed by atoms with Crippen molar-refractivity contribution in [1.29, 1.82) is 0 Å². The topological polar surface area (TPSA) is 40.7 Å². The first-order valence-electron chi connectivity index (χ1n) is 1.79. The van der Waals surface area contributed by atoms with E-state index in [0.29, 0.717) is 0 Å². The first-order valence-corrected chi connectivity index (χ1v) is 2.58. The Labute approximate surface area is 49.5 Å². The maximum Gasteiger partial charge on any atom is 0.0822 e. The Morgan fingerprint density at radius 3 is 3.00 bits per heavy atom. The van der Waals surface area contributed by atoms with Gasteiger partial charge in [0.05, 0.1) is 11.9 Å². The Morgan fingerprint density at radius 2 is 2.71 bits per heavy atom. The van der Waals surface area contributed by atoms with Crippen LogP contribution in [0.1, 0.15) is 0 Å². The molecule has 0 radical (unpaired) electrons. The standard InChI is InChI=1S/C3H4BrN3/c4-7-3-1-5-6-2-3/h1-2,7H,(H,5,6). The molecule has 1 aromatic rings. The lowest BCUT2D eigenvalue weighted by molar-refractivity contribution is 1.09. The van der Waals surface area contributed by atoms with Gasteiger partial charge < -0.3 is 4.34 Å². The lowest BCUT2D eigenvalue weighted by Crippen LogP contribution is -1.69. The van der Waals surface area contributed by atoms with E-state index >= 15 is 0 Å². The Bertz CT molecular complexity index is 125. The van der Waals surface area contributed by atoms with E-state index in [1.807, 2.05) is 0 Å². The highest BCUT2D eigenvalue weighted by Gasteiger charge is 1.82. The molecule has 38 valence electrons. The van der Waals surface area contributed by atoms with Crippen molar-refractivity contribution >= 4 is 21.8 Å². The number of aromatic amines is 1. The molecule has 1 rings (SSSR count). The summed E-state index contributed by atoms with van der Waals surface area (Å²) in [4.78, 5) is 0. The van der Waals surface area contributed by atoms with Gasteiger partial charge in [0.25, 0.3) is 0 Å². The van der Waals surface area contributed by atoms with Crippen molar-refractivity contribution in [1.82, 2.24) is 10.2 Å². The van der Waals surface area contributed by atoms with Crippen LogP contribution in [0.2, 0.25) is 0 Å². The van der Waals surface area contributed by atoms with Crippen LogP contribution in [-0.2, 0) is 0 Å². The number of H-pyrrole nitrogens is 1. The lowest BCUT2D eigenvalue weighted by Gasteiger charge is -1.81. The number of rotatable bonds is 1. The summed E-state index contributed by atoms with van der Waals surface area (Å²) in [6.07, 6.45) is 3.42. The molecule has 0 aliphatic rings. The molecule has 0 aliphatic heterocycles. The Balaban J connectivity index is 2.76. The number of hydrogen-bond donors (Lipinski definition) is 2. The molecule has 1 heterocycles. The smallest absolute Gasteiger partial charge is 0.0822 e. The third-order valence-corrected chi connectivity index (χ3v) is 1.07. The van der Waals surface area contributed by atoms with Crippen LogP contribution >= 0.6 is 16.1 Å². The number of nitrogens with zero attached hydrogens (tertiary/aromatic N) is 1. The van der Waals surface area contributed by atoms with Gasteiger partial charge >= 0.3 is 0 Å². The minimum atomic E-state index is 0.931. The molecule has 0 aromatic carbocycles. The van der Waals surface area contributed by atoms with Crippen molar-refractivity contribution in [2.45, 2.75) is 0 Å². The molecule has 1 aromatic heterocycles. The summed E-state index contributed by atoms with van der Waals surface area (Å²) in [7, 11) is 0. The molecule has 0 unspecified atom stereocenters. The van der Waals surface area contributed by atoms with Gasteiger partial charge in [-0.25, -0.2) is 0 Å². The summed E-state index contributed by atoms with van der Waals surface area (Å²) in [5.41, 5.74) is 0.931. The van der Waals surface area contributed by atoms with Crippen LogP contribution in [0.25, 0.3) is 0 Å². The zero-order valence-electron chi connectivity index (χ0n) is 3.48. The minimum absolute atomic E-state index is 0.931. The van der Waals surface area contributed by atoms with Crippen molar-refractivity contribution < 1.29 is 0 Å². The second-order valence-corrected chi connectivity index (χ2v) is 1.48. The van der Waals surface area contributed by atoms with E-state index in [4.69, 9.17) is 0 Å².